The largest absolute Gasteiger partial charge is 0.380 e. The van der Waals surface area contributed by atoms with Gasteiger partial charge in [-0.2, -0.15) is 0 Å². The molecular weight excluding hydrogens is 496 g/mol. The second-order valence-corrected chi connectivity index (χ2v) is 13.2. The van der Waals surface area contributed by atoms with E-state index in [-0.39, 0.29) is 11.3 Å². The third-order valence-electron chi connectivity index (χ3n) is 11.1. The van der Waals surface area contributed by atoms with Gasteiger partial charge in [0.15, 0.2) is 0 Å². The highest BCUT2D eigenvalue weighted by molar-refractivity contribution is 5.85. The molecule has 0 radical (unpaired) electrons. The molecule has 6 heteroatoms. The molecule has 3 aliphatic heterocycles. The molecule has 1 aromatic heterocycles. The molecule has 1 N–H and O–H groups in total. The van der Waals surface area contributed by atoms with E-state index in [4.69, 9.17) is 4.98 Å². The number of piperidine rings is 2. The molecule has 2 atom stereocenters. The highest BCUT2D eigenvalue weighted by Crippen LogP contribution is 2.45. The molecular formula is C34H44N4O2. The van der Waals surface area contributed by atoms with Crippen LogP contribution in [-0.2, 0) is 10.2 Å². The number of aliphatic hydroxyl groups is 1. The molecule has 1 aliphatic carbocycles. The van der Waals surface area contributed by atoms with Gasteiger partial charge in [0.25, 0.3) is 5.91 Å². The van der Waals surface area contributed by atoms with Crippen LogP contribution in [0.15, 0.2) is 54.6 Å². The van der Waals surface area contributed by atoms with E-state index in [0.717, 1.165) is 63.1 Å². The standard InChI is InChI=1S/C34H44N4O2/c1-25-35-30-11-5-6-12-31(30)38(25)29-23-27-13-14-28(24-29)37(27)22-19-33(26-9-3-2-4-10-26)17-20-36(21-18-33)32(39)34(40)15-7-8-16-34/h2-6,9-12,27-29,40H,7-8,13-24H2,1H3. The van der Waals surface area contributed by atoms with Crippen LogP contribution in [-0.4, -0.2) is 67.7 Å². The molecule has 40 heavy (non-hydrogen) atoms. The number of benzene rings is 2. The van der Waals surface area contributed by atoms with Gasteiger partial charge in [0, 0.05) is 31.2 Å². The summed E-state index contributed by atoms with van der Waals surface area (Å²) in [6.45, 7) is 4.79. The first-order chi connectivity index (χ1) is 19.5. The third kappa shape index (κ3) is 4.48. The fourth-order valence-corrected chi connectivity index (χ4v) is 8.87. The molecule has 7 rings (SSSR count). The maximum Gasteiger partial charge on any atom is 0.254 e. The Labute approximate surface area is 238 Å². The molecule has 6 nitrogen and oxygen atoms in total. The summed E-state index contributed by atoms with van der Waals surface area (Å²) < 4.78 is 2.52. The summed E-state index contributed by atoms with van der Waals surface area (Å²) in [5.74, 6) is 1.12. The summed E-state index contributed by atoms with van der Waals surface area (Å²) in [7, 11) is 0. The van der Waals surface area contributed by atoms with E-state index in [0.29, 0.717) is 31.0 Å². The molecule has 212 valence electrons. The van der Waals surface area contributed by atoms with Crippen molar-refractivity contribution in [2.45, 2.75) is 107 Å². The molecule has 0 spiro atoms. The average molecular weight is 541 g/mol. The van der Waals surface area contributed by atoms with E-state index in [1.54, 1.807) is 0 Å². The van der Waals surface area contributed by atoms with Crippen molar-refractivity contribution in [2.24, 2.45) is 0 Å². The summed E-state index contributed by atoms with van der Waals surface area (Å²) >= 11 is 0. The smallest absolute Gasteiger partial charge is 0.254 e. The maximum absolute atomic E-state index is 13.3. The van der Waals surface area contributed by atoms with Crippen molar-refractivity contribution in [1.82, 2.24) is 19.4 Å². The molecule has 4 heterocycles. The lowest BCUT2D eigenvalue weighted by Crippen LogP contribution is -2.53. The van der Waals surface area contributed by atoms with Crippen LogP contribution in [0, 0.1) is 6.92 Å². The van der Waals surface area contributed by atoms with Gasteiger partial charge in [-0.1, -0.05) is 42.5 Å². The van der Waals surface area contributed by atoms with Crippen molar-refractivity contribution < 1.29 is 9.90 Å². The summed E-state index contributed by atoms with van der Waals surface area (Å²) in [6.07, 6.45) is 11.3. The van der Waals surface area contributed by atoms with Crippen LogP contribution in [0.4, 0.5) is 0 Å². The fraction of sp³-hybridized carbons (Fsp3) is 0.588. The molecule has 1 saturated carbocycles. The number of carbonyl (C=O) groups is 1. The van der Waals surface area contributed by atoms with Crippen LogP contribution >= 0.6 is 0 Å². The van der Waals surface area contributed by atoms with Gasteiger partial charge in [0.2, 0.25) is 0 Å². The quantitative estimate of drug-likeness (QED) is 0.431. The zero-order valence-electron chi connectivity index (χ0n) is 24.0. The van der Waals surface area contributed by atoms with Gasteiger partial charge < -0.3 is 14.6 Å². The van der Waals surface area contributed by atoms with Gasteiger partial charge in [-0.3, -0.25) is 9.69 Å². The van der Waals surface area contributed by atoms with E-state index >= 15 is 0 Å². The molecule has 2 bridgehead atoms. The van der Waals surface area contributed by atoms with Crippen molar-refractivity contribution in [2.75, 3.05) is 19.6 Å². The summed E-state index contributed by atoms with van der Waals surface area (Å²) in [5, 5.41) is 11.0. The van der Waals surface area contributed by atoms with Crippen molar-refractivity contribution >= 4 is 16.9 Å². The lowest BCUT2D eigenvalue weighted by atomic mass is 9.70. The van der Waals surface area contributed by atoms with Crippen LogP contribution in [0.3, 0.4) is 0 Å². The van der Waals surface area contributed by atoms with Crippen molar-refractivity contribution in [3.05, 3.63) is 66.0 Å². The van der Waals surface area contributed by atoms with Gasteiger partial charge in [0.1, 0.15) is 11.4 Å². The molecule has 4 fully saturated rings. The second kappa shape index (κ2) is 10.3. The van der Waals surface area contributed by atoms with Crippen LogP contribution in [0.25, 0.3) is 11.0 Å². The number of imidazole rings is 1. The molecule has 3 saturated heterocycles. The first-order valence-electron chi connectivity index (χ1n) is 15.7. The Morgan fingerprint density at radius 1 is 0.900 bits per heavy atom. The van der Waals surface area contributed by atoms with Crippen molar-refractivity contribution in [1.29, 1.82) is 0 Å². The van der Waals surface area contributed by atoms with Crippen LogP contribution in [0.2, 0.25) is 0 Å². The number of rotatable bonds is 6. The van der Waals surface area contributed by atoms with Crippen LogP contribution < -0.4 is 0 Å². The Balaban J connectivity index is 1.06. The lowest BCUT2D eigenvalue weighted by molar-refractivity contribution is -0.152. The number of aromatic nitrogens is 2. The monoisotopic (exact) mass is 540 g/mol. The first-order valence-corrected chi connectivity index (χ1v) is 15.7. The molecule has 1 amide bonds. The van der Waals surface area contributed by atoms with Gasteiger partial charge in [-0.15, -0.1) is 0 Å². The Morgan fingerprint density at radius 2 is 1.55 bits per heavy atom. The summed E-state index contributed by atoms with van der Waals surface area (Å²) in [4.78, 5) is 22.9. The highest BCUT2D eigenvalue weighted by Gasteiger charge is 2.46. The zero-order valence-corrected chi connectivity index (χ0v) is 24.0. The lowest BCUT2D eigenvalue weighted by Gasteiger charge is -2.46. The van der Waals surface area contributed by atoms with Gasteiger partial charge >= 0.3 is 0 Å². The Kier molecular flexibility index (Phi) is 6.74. The Bertz CT molecular complexity index is 1340. The van der Waals surface area contributed by atoms with Gasteiger partial charge in [-0.25, -0.2) is 4.98 Å². The van der Waals surface area contributed by atoms with Gasteiger partial charge in [-0.05, 0) is 107 Å². The average Bonchev–Trinajstić information content (AvgIpc) is 3.64. The first kappa shape index (κ1) is 26.2. The normalized spacial score (nSPS) is 27.9. The van der Waals surface area contributed by atoms with E-state index in [1.165, 1.54) is 36.8 Å². The number of nitrogens with zero attached hydrogens (tertiary/aromatic N) is 4. The number of hydrogen-bond donors (Lipinski definition) is 1. The predicted octanol–water partition coefficient (Wildman–Crippen LogP) is 5.77. The number of carbonyl (C=O) groups excluding carboxylic acids is 1. The van der Waals surface area contributed by atoms with Gasteiger partial charge in [0.05, 0.1) is 11.0 Å². The number of fused-ring (bicyclic) bond motifs is 3. The van der Waals surface area contributed by atoms with Crippen LogP contribution in [0.5, 0.6) is 0 Å². The minimum Gasteiger partial charge on any atom is -0.380 e. The maximum atomic E-state index is 13.3. The van der Waals surface area contributed by atoms with E-state index in [1.807, 2.05) is 4.90 Å². The zero-order chi connectivity index (χ0) is 27.3. The minimum absolute atomic E-state index is 0.0194. The number of para-hydroxylation sites is 2. The minimum atomic E-state index is -1.12. The molecule has 2 aromatic carbocycles. The third-order valence-corrected chi connectivity index (χ3v) is 11.1. The van der Waals surface area contributed by atoms with E-state index in [2.05, 4.69) is 71.0 Å². The SMILES string of the molecule is Cc1nc2ccccc2n1C1CC2CCC(C1)N2CCC1(c2ccccc2)CCN(C(=O)C2(O)CCCC2)CC1. The number of amides is 1. The van der Waals surface area contributed by atoms with Crippen molar-refractivity contribution in [3.63, 3.8) is 0 Å². The molecule has 3 aromatic rings. The highest BCUT2D eigenvalue weighted by atomic mass is 16.3. The van der Waals surface area contributed by atoms with E-state index in [9.17, 15) is 9.90 Å². The summed E-state index contributed by atoms with van der Waals surface area (Å²) in [5.41, 5.74) is 2.79. The fourth-order valence-electron chi connectivity index (χ4n) is 8.87. The van der Waals surface area contributed by atoms with Crippen LogP contribution in [0.1, 0.15) is 88.1 Å². The topological polar surface area (TPSA) is 61.6 Å². The second-order valence-electron chi connectivity index (χ2n) is 13.2. The molecule has 4 aliphatic rings. The number of hydrogen-bond acceptors (Lipinski definition) is 4. The number of likely N-dealkylation sites (tertiary alicyclic amines) is 1. The Hall–Kier alpha value is -2.70. The predicted molar refractivity (Wildman–Crippen MR) is 158 cm³/mol. The van der Waals surface area contributed by atoms with Crippen molar-refractivity contribution in [3.8, 4) is 0 Å². The summed E-state index contributed by atoms with van der Waals surface area (Å²) in [6, 6.07) is 21.4. The van der Waals surface area contributed by atoms with E-state index < -0.39 is 5.60 Å². The number of aryl methyl sites for hydroxylation is 1. The molecule has 2 unspecified atom stereocenters. The Morgan fingerprint density at radius 3 is 2.25 bits per heavy atom.